The summed E-state index contributed by atoms with van der Waals surface area (Å²) in [6.07, 6.45) is 3.23. The molecule has 1 nitrogen and oxygen atoms in total. The molecule has 1 N–H and O–H groups in total. The summed E-state index contributed by atoms with van der Waals surface area (Å²) in [6.45, 7) is 9.30. The van der Waals surface area contributed by atoms with Crippen molar-refractivity contribution in [3.8, 4) is 0 Å². The van der Waals surface area contributed by atoms with Gasteiger partial charge in [-0.15, -0.1) is 0 Å². The molecule has 0 radical (unpaired) electrons. The topological polar surface area (TPSA) is 20.2 Å². The van der Waals surface area contributed by atoms with Crippen LogP contribution in [0.15, 0.2) is 11.8 Å². The Morgan fingerprint density at radius 1 is 1.36 bits per heavy atom. The van der Waals surface area contributed by atoms with Gasteiger partial charge >= 0.3 is 0 Å². The average molecular weight is 172 g/mol. The number of hydrogen-bond donors (Lipinski definition) is 1. The summed E-state index contributed by atoms with van der Waals surface area (Å²) in [5.41, 5.74) is 2.33. The van der Waals surface area contributed by atoms with Crippen LogP contribution < -0.4 is 0 Å². The maximum absolute atomic E-state index is 8.74. The third-order valence-corrected chi connectivity index (χ3v) is 2.70. The summed E-state index contributed by atoms with van der Waals surface area (Å²) >= 11 is 0. The molecule has 0 aromatic heterocycles. The Morgan fingerprint density at radius 2 is 1.91 bits per heavy atom. The Bertz CT molecular complexity index is 124. The minimum atomic E-state index is -0.999. The molecule has 0 rings (SSSR count). The van der Waals surface area contributed by atoms with Crippen LogP contribution in [0.5, 0.6) is 0 Å². The number of aliphatic hydroxyl groups excluding tert-OH is 1. The standard InChI is InChI=1S/C9H20OSi/c1-9(8-10)6-5-7-11(2,3)4/h5,7,9-10H,6,8H2,1-4H3/b7-5+/t9-/m0/s1. The van der Waals surface area contributed by atoms with Crippen LogP contribution in [0.2, 0.25) is 19.6 Å². The van der Waals surface area contributed by atoms with Gasteiger partial charge in [0.25, 0.3) is 0 Å². The van der Waals surface area contributed by atoms with Crippen LogP contribution in [0.25, 0.3) is 0 Å². The van der Waals surface area contributed by atoms with Gasteiger partial charge in [-0.25, -0.2) is 0 Å². The summed E-state index contributed by atoms with van der Waals surface area (Å²) in [6, 6.07) is 0. The van der Waals surface area contributed by atoms with E-state index in [9.17, 15) is 0 Å². The van der Waals surface area contributed by atoms with E-state index in [-0.39, 0.29) is 0 Å². The maximum atomic E-state index is 8.74. The molecule has 0 spiro atoms. The summed E-state index contributed by atoms with van der Waals surface area (Å²) in [4.78, 5) is 0. The molecule has 0 bridgehead atoms. The van der Waals surface area contributed by atoms with Gasteiger partial charge in [-0.3, -0.25) is 0 Å². The molecule has 0 unspecified atom stereocenters. The lowest BCUT2D eigenvalue weighted by atomic mass is 10.1. The van der Waals surface area contributed by atoms with Gasteiger partial charge in [-0.2, -0.15) is 0 Å². The van der Waals surface area contributed by atoms with Crippen molar-refractivity contribution in [1.82, 2.24) is 0 Å². The zero-order valence-corrected chi connectivity index (χ0v) is 9.09. The largest absolute Gasteiger partial charge is 0.396 e. The highest BCUT2D eigenvalue weighted by Crippen LogP contribution is 2.06. The highest BCUT2D eigenvalue weighted by molar-refractivity contribution is 6.80. The van der Waals surface area contributed by atoms with Crippen molar-refractivity contribution in [3.05, 3.63) is 11.8 Å². The van der Waals surface area contributed by atoms with E-state index in [4.69, 9.17) is 5.11 Å². The first kappa shape index (κ1) is 10.9. The van der Waals surface area contributed by atoms with Crippen molar-refractivity contribution in [2.45, 2.75) is 33.0 Å². The molecule has 0 aliphatic carbocycles. The van der Waals surface area contributed by atoms with Crippen LogP contribution in [0.1, 0.15) is 13.3 Å². The van der Waals surface area contributed by atoms with Crippen LogP contribution in [0.3, 0.4) is 0 Å². The first-order valence-electron chi connectivity index (χ1n) is 4.24. The molecule has 1 atom stereocenters. The highest BCUT2D eigenvalue weighted by Gasteiger charge is 2.06. The molecule has 2 heteroatoms. The second-order valence-corrected chi connectivity index (χ2v) is 9.36. The van der Waals surface area contributed by atoms with Gasteiger partial charge in [0.1, 0.15) is 0 Å². The molecule has 66 valence electrons. The minimum Gasteiger partial charge on any atom is -0.396 e. The van der Waals surface area contributed by atoms with Gasteiger partial charge in [0.15, 0.2) is 0 Å². The van der Waals surface area contributed by atoms with Crippen molar-refractivity contribution in [1.29, 1.82) is 0 Å². The predicted molar refractivity (Wildman–Crippen MR) is 53.4 cm³/mol. The fraction of sp³-hybridized carbons (Fsp3) is 0.778. The number of hydrogen-bond acceptors (Lipinski definition) is 1. The Hall–Kier alpha value is -0.0831. The molecule has 0 fully saturated rings. The predicted octanol–water partition coefficient (Wildman–Crippen LogP) is 2.44. The third-order valence-electron chi connectivity index (χ3n) is 1.47. The second kappa shape index (κ2) is 4.73. The number of rotatable bonds is 4. The van der Waals surface area contributed by atoms with Gasteiger partial charge < -0.3 is 5.11 Å². The zero-order chi connectivity index (χ0) is 8.91. The van der Waals surface area contributed by atoms with E-state index in [0.29, 0.717) is 12.5 Å². The van der Waals surface area contributed by atoms with Gasteiger partial charge in [-0.05, 0) is 12.3 Å². The molecule has 0 saturated heterocycles. The van der Waals surface area contributed by atoms with Crippen molar-refractivity contribution >= 4 is 8.07 Å². The lowest BCUT2D eigenvalue weighted by Crippen LogP contribution is -2.15. The van der Waals surface area contributed by atoms with Crippen molar-refractivity contribution in [2.75, 3.05) is 6.61 Å². The molecule has 0 aromatic rings. The van der Waals surface area contributed by atoms with E-state index in [1.807, 2.05) is 0 Å². The summed E-state index contributed by atoms with van der Waals surface area (Å²) in [5, 5.41) is 8.74. The van der Waals surface area contributed by atoms with Crippen LogP contribution in [0.4, 0.5) is 0 Å². The first-order chi connectivity index (χ1) is 4.95. The summed E-state index contributed by atoms with van der Waals surface area (Å²) < 4.78 is 0. The Kier molecular flexibility index (Phi) is 4.69. The smallest absolute Gasteiger partial charge is 0.0682 e. The average Bonchev–Trinajstić information content (AvgIpc) is 1.85. The highest BCUT2D eigenvalue weighted by atomic mass is 28.3. The van der Waals surface area contributed by atoms with Crippen LogP contribution in [-0.4, -0.2) is 19.8 Å². The summed E-state index contributed by atoms with van der Waals surface area (Å²) in [7, 11) is -0.999. The van der Waals surface area contributed by atoms with Crippen LogP contribution in [-0.2, 0) is 0 Å². The van der Waals surface area contributed by atoms with Crippen molar-refractivity contribution in [3.63, 3.8) is 0 Å². The van der Waals surface area contributed by atoms with E-state index in [1.54, 1.807) is 0 Å². The zero-order valence-electron chi connectivity index (χ0n) is 8.09. The third kappa shape index (κ3) is 7.82. The van der Waals surface area contributed by atoms with E-state index in [2.05, 4.69) is 38.3 Å². The monoisotopic (exact) mass is 172 g/mol. The van der Waals surface area contributed by atoms with Crippen molar-refractivity contribution in [2.24, 2.45) is 5.92 Å². The van der Waals surface area contributed by atoms with Gasteiger partial charge in [0.2, 0.25) is 0 Å². The molecule has 0 saturated carbocycles. The van der Waals surface area contributed by atoms with Gasteiger partial charge in [0.05, 0.1) is 8.07 Å². The lowest BCUT2D eigenvalue weighted by molar-refractivity contribution is 0.239. The second-order valence-electron chi connectivity index (χ2n) is 4.29. The fourth-order valence-electron chi connectivity index (χ4n) is 0.728. The van der Waals surface area contributed by atoms with E-state index in [0.717, 1.165) is 6.42 Å². The summed E-state index contributed by atoms with van der Waals surface area (Å²) in [5.74, 6) is 0.419. The van der Waals surface area contributed by atoms with E-state index < -0.39 is 8.07 Å². The first-order valence-corrected chi connectivity index (χ1v) is 7.82. The molecule has 11 heavy (non-hydrogen) atoms. The van der Waals surface area contributed by atoms with Crippen molar-refractivity contribution < 1.29 is 5.11 Å². The normalized spacial score (nSPS) is 15.7. The van der Waals surface area contributed by atoms with Crippen LogP contribution in [0, 0.1) is 5.92 Å². The van der Waals surface area contributed by atoms with Gasteiger partial charge in [-0.1, -0.05) is 38.3 Å². The Morgan fingerprint density at radius 3 is 2.27 bits per heavy atom. The Balaban J connectivity index is 3.61. The number of allylic oxidation sites excluding steroid dienone is 1. The molecule has 0 aliphatic rings. The van der Waals surface area contributed by atoms with E-state index >= 15 is 0 Å². The maximum Gasteiger partial charge on any atom is 0.0682 e. The van der Waals surface area contributed by atoms with Crippen LogP contribution >= 0.6 is 0 Å². The van der Waals surface area contributed by atoms with Gasteiger partial charge in [0, 0.05) is 6.61 Å². The molecular weight excluding hydrogens is 152 g/mol. The SMILES string of the molecule is C[C@H](CO)C/C=C/[Si](C)(C)C. The molecule has 0 heterocycles. The molecular formula is C9H20OSi. The molecule has 0 amide bonds. The Labute approximate surface area is 71.1 Å². The number of aliphatic hydroxyl groups is 1. The molecule has 0 aliphatic heterocycles. The van der Waals surface area contributed by atoms with E-state index in [1.165, 1.54) is 0 Å². The fourth-order valence-corrected chi connectivity index (χ4v) is 1.57. The lowest BCUT2D eigenvalue weighted by Gasteiger charge is -2.09. The minimum absolute atomic E-state index is 0.302. The quantitative estimate of drug-likeness (QED) is 0.646. The molecule has 0 aromatic carbocycles.